The molecule has 3 fully saturated rings. The maximum absolute atomic E-state index is 9.98. The molecular formula is C13H15BrO4. The van der Waals surface area contributed by atoms with Crippen molar-refractivity contribution in [2.75, 3.05) is 19.8 Å². The van der Waals surface area contributed by atoms with Gasteiger partial charge < -0.3 is 19.3 Å². The molecule has 1 N–H and O–H groups in total. The van der Waals surface area contributed by atoms with E-state index in [4.69, 9.17) is 14.2 Å². The second-order valence-electron chi connectivity index (χ2n) is 5.30. The van der Waals surface area contributed by atoms with Gasteiger partial charge in [-0.3, -0.25) is 0 Å². The summed E-state index contributed by atoms with van der Waals surface area (Å²) in [5.41, 5.74) is 1.37. The fourth-order valence-corrected chi connectivity index (χ4v) is 2.72. The lowest BCUT2D eigenvalue weighted by atomic mass is 9.90. The van der Waals surface area contributed by atoms with Gasteiger partial charge in [0.1, 0.15) is 5.75 Å². The van der Waals surface area contributed by atoms with E-state index in [2.05, 4.69) is 22.9 Å². The van der Waals surface area contributed by atoms with Crippen LogP contribution in [-0.2, 0) is 20.2 Å². The van der Waals surface area contributed by atoms with Gasteiger partial charge in [-0.2, -0.15) is 0 Å². The molecule has 98 valence electrons. The molecule has 18 heavy (non-hydrogen) atoms. The first-order chi connectivity index (χ1) is 8.46. The third-order valence-electron chi connectivity index (χ3n) is 3.54. The first-order valence-electron chi connectivity index (χ1n) is 5.86. The van der Waals surface area contributed by atoms with E-state index in [1.807, 2.05) is 13.0 Å². The van der Waals surface area contributed by atoms with Crippen molar-refractivity contribution in [3.05, 3.63) is 27.7 Å². The molecule has 0 unspecified atom stereocenters. The van der Waals surface area contributed by atoms with E-state index < -0.39 is 5.97 Å². The van der Waals surface area contributed by atoms with Crippen LogP contribution in [0.5, 0.6) is 5.75 Å². The highest BCUT2D eigenvalue weighted by Crippen LogP contribution is 2.46. The molecule has 3 heterocycles. The maximum Gasteiger partial charge on any atom is 0.312 e. The van der Waals surface area contributed by atoms with E-state index in [0.717, 1.165) is 5.56 Å². The van der Waals surface area contributed by atoms with Crippen LogP contribution in [0.15, 0.2) is 16.6 Å². The predicted octanol–water partition coefficient (Wildman–Crippen LogP) is 2.66. The third kappa shape index (κ3) is 1.69. The van der Waals surface area contributed by atoms with Crippen molar-refractivity contribution in [2.45, 2.75) is 19.8 Å². The van der Waals surface area contributed by atoms with E-state index in [0.29, 0.717) is 29.9 Å². The Hall–Kier alpha value is -0.620. The van der Waals surface area contributed by atoms with Gasteiger partial charge in [-0.15, -0.1) is 0 Å². The van der Waals surface area contributed by atoms with E-state index in [9.17, 15) is 5.11 Å². The zero-order valence-corrected chi connectivity index (χ0v) is 11.9. The van der Waals surface area contributed by atoms with Crippen LogP contribution in [0.4, 0.5) is 0 Å². The number of benzene rings is 1. The van der Waals surface area contributed by atoms with Crippen molar-refractivity contribution in [1.82, 2.24) is 0 Å². The average molecular weight is 315 g/mol. The molecule has 1 aromatic carbocycles. The number of hydrogen-bond acceptors (Lipinski definition) is 4. The normalized spacial score (nSPS) is 34.8. The van der Waals surface area contributed by atoms with Crippen molar-refractivity contribution in [1.29, 1.82) is 0 Å². The van der Waals surface area contributed by atoms with Gasteiger partial charge in [0.15, 0.2) is 0 Å². The Morgan fingerprint density at radius 2 is 1.72 bits per heavy atom. The molecule has 5 heteroatoms. The van der Waals surface area contributed by atoms with Gasteiger partial charge in [0.05, 0.1) is 24.3 Å². The lowest BCUT2D eigenvalue weighted by Gasteiger charge is -2.50. The zero-order valence-electron chi connectivity index (χ0n) is 10.3. The summed E-state index contributed by atoms with van der Waals surface area (Å²) in [5, 5.41) is 9.98. The van der Waals surface area contributed by atoms with Crippen molar-refractivity contribution < 1.29 is 19.3 Å². The van der Waals surface area contributed by atoms with Crippen LogP contribution in [0.3, 0.4) is 0 Å². The Labute approximate surface area is 114 Å². The summed E-state index contributed by atoms with van der Waals surface area (Å²) >= 11 is 3.29. The number of phenols is 1. The van der Waals surface area contributed by atoms with Gasteiger partial charge >= 0.3 is 5.97 Å². The van der Waals surface area contributed by atoms with Crippen molar-refractivity contribution >= 4 is 15.9 Å². The monoisotopic (exact) mass is 314 g/mol. The largest absolute Gasteiger partial charge is 0.506 e. The second-order valence-corrected chi connectivity index (χ2v) is 6.16. The fourth-order valence-electron chi connectivity index (χ4n) is 2.29. The molecule has 4 nitrogen and oxygen atoms in total. The lowest BCUT2D eigenvalue weighted by Crippen LogP contribution is -2.57. The van der Waals surface area contributed by atoms with Crippen LogP contribution >= 0.6 is 15.9 Å². The van der Waals surface area contributed by atoms with E-state index in [1.165, 1.54) is 0 Å². The molecule has 2 bridgehead atoms. The Morgan fingerprint density at radius 3 is 2.28 bits per heavy atom. The molecule has 3 saturated heterocycles. The number of aromatic hydroxyl groups is 1. The number of fused-ring (bicyclic) bond motifs is 3. The van der Waals surface area contributed by atoms with E-state index in [-0.39, 0.29) is 11.2 Å². The highest BCUT2D eigenvalue weighted by atomic mass is 79.9. The molecule has 1 aromatic rings. The summed E-state index contributed by atoms with van der Waals surface area (Å²) in [6.07, 6.45) is 0. The molecule has 0 radical (unpaired) electrons. The minimum absolute atomic E-state index is 0.0624. The molecule has 0 amide bonds. The molecule has 3 aliphatic rings. The topological polar surface area (TPSA) is 47.9 Å². The fraction of sp³-hybridized carbons (Fsp3) is 0.538. The first kappa shape index (κ1) is 12.4. The van der Waals surface area contributed by atoms with Crippen LogP contribution in [0.25, 0.3) is 0 Å². The second kappa shape index (κ2) is 3.93. The van der Waals surface area contributed by atoms with E-state index >= 15 is 0 Å². The first-order valence-corrected chi connectivity index (χ1v) is 6.66. The summed E-state index contributed by atoms with van der Waals surface area (Å²) in [7, 11) is 0. The molecule has 0 aliphatic carbocycles. The molecular weight excluding hydrogens is 300 g/mol. The van der Waals surface area contributed by atoms with Crippen LogP contribution in [0.2, 0.25) is 0 Å². The molecule has 0 aromatic heterocycles. The number of ether oxygens (including phenoxy) is 3. The van der Waals surface area contributed by atoms with Crippen LogP contribution in [-0.4, -0.2) is 24.9 Å². The highest BCUT2D eigenvalue weighted by Gasteiger charge is 2.52. The third-order valence-corrected chi connectivity index (χ3v) is 4.18. The van der Waals surface area contributed by atoms with Gasteiger partial charge in [0, 0.05) is 16.5 Å². The Morgan fingerprint density at radius 1 is 1.17 bits per heavy atom. The minimum Gasteiger partial charge on any atom is -0.506 e. The smallest absolute Gasteiger partial charge is 0.312 e. The summed E-state index contributed by atoms with van der Waals surface area (Å²) in [4.78, 5) is 0. The van der Waals surface area contributed by atoms with Gasteiger partial charge in [0.2, 0.25) is 0 Å². The van der Waals surface area contributed by atoms with Gasteiger partial charge in [-0.1, -0.05) is 6.92 Å². The van der Waals surface area contributed by atoms with Gasteiger partial charge in [-0.05, 0) is 35.0 Å². The zero-order chi connectivity index (χ0) is 13.0. The van der Waals surface area contributed by atoms with Crippen molar-refractivity contribution in [2.24, 2.45) is 5.41 Å². The SMILES string of the molecule is Cc1c(C23OCC(C)(CO2)CO3)ccc(Br)c1O. The average Bonchev–Trinajstić information content (AvgIpc) is 2.38. The number of hydrogen-bond donors (Lipinski definition) is 1. The quantitative estimate of drug-likeness (QED) is 0.865. The Balaban J connectivity index is 2.03. The summed E-state index contributed by atoms with van der Waals surface area (Å²) in [5.74, 6) is -0.961. The maximum atomic E-state index is 9.98. The number of halogens is 1. The minimum atomic E-state index is -1.15. The standard InChI is InChI=1S/C13H15BrO4/c1-8-9(3-4-10(14)11(8)15)13-16-5-12(2,6-17-13)7-18-13/h3-4,15H,5-7H2,1-2H3. The lowest BCUT2D eigenvalue weighted by molar-refractivity contribution is -0.477. The number of phenolic OH excluding ortho intramolecular Hbond substituents is 1. The predicted molar refractivity (Wildman–Crippen MR) is 68.2 cm³/mol. The van der Waals surface area contributed by atoms with Crippen LogP contribution in [0, 0.1) is 12.3 Å². The summed E-state index contributed by atoms with van der Waals surface area (Å²) < 4.78 is 17.9. The van der Waals surface area contributed by atoms with Gasteiger partial charge in [-0.25, -0.2) is 0 Å². The highest BCUT2D eigenvalue weighted by molar-refractivity contribution is 9.10. The van der Waals surface area contributed by atoms with Crippen molar-refractivity contribution in [3.8, 4) is 5.75 Å². The Bertz CT molecular complexity index is 475. The van der Waals surface area contributed by atoms with Gasteiger partial charge in [0.25, 0.3) is 0 Å². The molecule has 4 rings (SSSR count). The van der Waals surface area contributed by atoms with Crippen LogP contribution < -0.4 is 0 Å². The Kier molecular flexibility index (Phi) is 2.71. The molecule has 0 spiro atoms. The molecule has 0 saturated carbocycles. The molecule has 0 atom stereocenters. The summed E-state index contributed by atoms with van der Waals surface area (Å²) in [6, 6.07) is 3.62. The summed E-state index contributed by atoms with van der Waals surface area (Å²) in [6.45, 7) is 5.69. The van der Waals surface area contributed by atoms with Crippen LogP contribution in [0.1, 0.15) is 18.1 Å². The number of rotatable bonds is 1. The van der Waals surface area contributed by atoms with E-state index in [1.54, 1.807) is 6.07 Å². The molecule has 3 aliphatic heterocycles. The van der Waals surface area contributed by atoms with Crippen molar-refractivity contribution in [3.63, 3.8) is 0 Å².